The van der Waals surface area contributed by atoms with Crippen LogP contribution in [-0.4, -0.2) is 81.6 Å². The van der Waals surface area contributed by atoms with Gasteiger partial charge >= 0.3 is 6.09 Å². The van der Waals surface area contributed by atoms with E-state index >= 15 is 0 Å². The molecule has 0 bridgehead atoms. The molecule has 0 aliphatic carbocycles. The van der Waals surface area contributed by atoms with E-state index < -0.39 is 22.6 Å². The van der Waals surface area contributed by atoms with Gasteiger partial charge in [-0.2, -0.15) is 10.2 Å². The van der Waals surface area contributed by atoms with Crippen LogP contribution in [-0.2, 0) is 32.0 Å². The molecule has 11 aromatic carbocycles. The normalized spacial score (nSPS) is 17.6. The highest BCUT2D eigenvalue weighted by atomic mass is 19.1. The van der Waals surface area contributed by atoms with Gasteiger partial charge in [-0.15, -0.1) is 0 Å². The van der Waals surface area contributed by atoms with E-state index in [-0.39, 0.29) is 35.5 Å². The fraction of sp³-hybridized carbons (Fsp3) is 0.174. The summed E-state index contributed by atoms with van der Waals surface area (Å²) < 4.78 is 38.3. The van der Waals surface area contributed by atoms with Crippen molar-refractivity contribution in [2.24, 2.45) is 10.8 Å². The fourth-order valence-corrected chi connectivity index (χ4v) is 16.0. The van der Waals surface area contributed by atoms with Gasteiger partial charge < -0.3 is 24.8 Å². The van der Waals surface area contributed by atoms with Crippen molar-refractivity contribution in [3.05, 3.63) is 348 Å². The van der Waals surface area contributed by atoms with Gasteiger partial charge in [-0.1, -0.05) is 212 Å². The summed E-state index contributed by atoms with van der Waals surface area (Å²) in [6.07, 6.45) is 2.54. The number of amides is 3. The first-order chi connectivity index (χ1) is 49.1. The van der Waals surface area contributed by atoms with Gasteiger partial charge in [-0.3, -0.25) is 9.59 Å². The van der Waals surface area contributed by atoms with Gasteiger partial charge in [-0.05, 0) is 156 Å². The molecule has 4 fully saturated rings. The predicted molar refractivity (Wildman–Crippen MR) is 389 cm³/mol. The zero-order valence-electron chi connectivity index (χ0n) is 55.1. The van der Waals surface area contributed by atoms with Crippen LogP contribution < -0.4 is 15.1 Å². The smallest absolute Gasteiger partial charge is 0.410 e. The van der Waals surface area contributed by atoms with Crippen LogP contribution in [0.4, 0.5) is 25.0 Å². The number of aromatic nitrogens is 4. The quantitative estimate of drug-likeness (QED) is 0.108. The first-order valence-electron chi connectivity index (χ1n) is 34.3. The summed E-state index contributed by atoms with van der Waals surface area (Å²) in [5, 5.41) is 16.0. The summed E-state index contributed by atoms with van der Waals surface area (Å²) in [5.74, 6) is -0.431. The molecule has 17 rings (SSSR count). The molecule has 0 radical (unpaired) electrons. The average molecular weight is 1320 g/mol. The zero-order valence-corrected chi connectivity index (χ0v) is 55.1. The first kappa shape index (κ1) is 63.1. The summed E-state index contributed by atoms with van der Waals surface area (Å²) in [5.41, 5.74) is 10.8. The molecular formula is C86H72F2N8O4. The van der Waals surface area contributed by atoms with E-state index in [2.05, 4.69) is 148 Å². The lowest BCUT2D eigenvalue weighted by molar-refractivity contribution is -0.125. The third kappa shape index (κ3) is 11.0. The van der Waals surface area contributed by atoms with Crippen molar-refractivity contribution in [1.82, 2.24) is 29.8 Å². The number of fused-ring (bicyclic) bond motifs is 2. The van der Waals surface area contributed by atoms with Crippen LogP contribution in [0.3, 0.4) is 0 Å². The van der Waals surface area contributed by atoms with E-state index in [1.54, 1.807) is 29.2 Å². The monoisotopic (exact) mass is 1320 g/mol. The number of rotatable bonds is 14. The third-order valence-corrected chi connectivity index (χ3v) is 21.1. The minimum absolute atomic E-state index is 0.00753. The Morgan fingerprint density at radius 3 is 1.17 bits per heavy atom. The van der Waals surface area contributed by atoms with Crippen molar-refractivity contribution in [1.29, 1.82) is 0 Å². The SMILES string of the molecule is O=C(OCc1ccccc1)N1CC[C@]2(CCN(c3ccc4c(c3)c(-c3ccc(F)cc3)nn4C(c3ccccc3)(c3ccccc3)c3ccccc3)C2=O)C1.O=C1N(c2ccc3c(c2)c(-c2ccc(F)cc2)nn3C(c2ccccc2)(c2ccccc2)c2ccccc2)CC[C@]12CCNC2. The maximum absolute atomic E-state index is 14.4. The number of likely N-dealkylation sites (tertiary alicyclic amines) is 1. The van der Waals surface area contributed by atoms with E-state index in [1.165, 1.54) is 24.3 Å². The summed E-state index contributed by atoms with van der Waals surface area (Å²) in [6, 6.07) is 97.3. The molecule has 6 heterocycles. The first-order valence-corrected chi connectivity index (χ1v) is 34.3. The highest BCUT2D eigenvalue weighted by Crippen LogP contribution is 2.49. The van der Waals surface area contributed by atoms with Crippen LogP contribution in [0.15, 0.2) is 297 Å². The fourth-order valence-electron chi connectivity index (χ4n) is 16.0. The van der Waals surface area contributed by atoms with Gasteiger partial charge in [0, 0.05) is 66.0 Å². The number of benzene rings is 11. The van der Waals surface area contributed by atoms with Gasteiger partial charge in [0.25, 0.3) is 0 Å². The highest BCUT2D eigenvalue weighted by Gasteiger charge is 2.53. The lowest BCUT2D eigenvalue weighted by atomic mass is 9.77. The molecule has 0 unspecified atom stereocenters. The second-order valence-corrected chi connectivity index (χ2v) is 26.7. The van der Waals surface area contributed by atoms with Crippen molar-refractivity contribution in [2.45, 2.75) is 43.4 Å². The molecule has 2 spiro atoms. The van der Waals surface area contributed by atoms with Crippen molar-refractivity contribution in [3.8, 4) is 22.5 Å². The van der Waals surface area contributed by atoms with Crippen molar-refractivity contribution in [3.63, 3.8) is 0 Å². The standard InChI is InChI=1S/C47H39FN4O3.C39H33FN4O/c48-39-23-21-35(22-24-39)43-41-31-40(51-30-28-46(44(51)53)27-29-50(33-46)45(54)55-32-34-13-5-1-6-14-34)25-26-42(41)52(49-43)47(36-15-7-2-8-16-36,37-17-9-3-10-18-37)38-19-11-4-12-20-38;40-32-18-16-28(17-19-32)36-34-26-33(43-25-23-38(37(43)45)22-24-41-27-38)20-21-35(34)44(42-36)39(29-10-4-1-5-11-29,30-12-6-2-7-13-30)31-14-8-3-9-15-31/h1-26,31H,27-30,32-33H2;1-21,26,41H,22-25,27H2/t46-;38-/m00/s1. The molecule has 1 N–H and O–H groups in total. The molecule has 0 saturated carbocycles. The Bertz CT molecular complexity index is 4900. The van der Waals surface area contributed by atoms with Crippen LogP contribution in [0, 0.1) is 22.5 Å². The van der Waals surface area contributed by atoms with Crippen LogP contribution in [0.2, 0.25) is 0 Å². The minimum atomic E-state index is -0.891. The molecule has 4 saturated heterocycles. The van der Waals surface area contributed by atoms with Gasteiger partial charge in [0.1, 0.15) is 40.7 Å². The Kier molecular flexibility index (Phi) is 16.6. The maximum atomic E-state index is 14.4. The maximum Gasteiger partial charge on any atom is 0.410 e. The van der Waals surface area contributed by atoms with Gasteiger partial charge in [0.2, 0.25) is 11.8 Å². The molecule has 4 aliphatic rings. The summed E-state index contributed by atoms with van der Waals surface area (Å²) in [7, 11) is 0. The average Bonchev–Trinajstić information content (AvgIpc) is 1.46. The molecule has 494 valence electrons. The van der Waals surface area contributed by atoms with E-state index in [4.69, 9.17) is 14.9 Å². The largest absolute Gasteiger partial charge is 0.445 e. The van der Waals surface area contributed by atoms with Crippen LogP contribution in [0.25, 0.3) is 44.3 Å². The topological polar surface area (TPSA) is 118 Å². The molecule has 100 heavy (non-hydrogen) atoms. The van der Waals surface area contributed by atoms with E-state index in [0.717, 1.165) is 115 Å². The number of carbonyl (C=O) groups is 3. The third-order valence-electron chi connectivity index (χ3n) is 21.1. The number of anilines is 2. The van der Waals surface area contributed by atoms with Crippen molar-refractivity contribution in [2.75, 3.05) is 49.1 Å². The molecule has 2 atom stereocenters. The summed E-state index contributed by atoms with van der Waals surface area (Å²) in [4.78, 5) is 46.8. The Labute approximate surface area is 579 Å². The Balaban J connectivity index is 0.000000159. The number of hydrogen-bond donors (Lipinski definition) is 1. The van der Waals surface area contributed by atoms with E-state index in [0.29, 0.717) is 44.7 Å². The Morgan fingerprint density at radius 1 is 0.430 bits per heavy atom. The molecule has 14 heteroatoms. The zero-order chi connectivity index (χ0) is 67.8. The second-order valence-electron chi connectivity index (χ2n) is 26.7. The molecule has 12 nitrogen and oxygen atoms in total. The summed E-state index contributed by atoms with van der Waals surface area (Å²) >= 11 is 0. The van der Waals surface area contributed by atoms with Gasteiger partial charge in [0.15, 0.2) is 0 Å². The van der Waals surface area contributed by atoms with Gasteiger partial charge in [0.05, 0.1) is 21.9 Å². The number of hydrogen-bond acceptors (Lipinski definition) is 7. The molecule has 3 amide bonds. The number of carbonyl (C=O) groups excluding carboxylic acids is 3. The number of ether oxygens (including phenoxy) is 1. The van der Waals surface area contributed by atoms with E-state index in [9.17, 15) is 23.2 Å². The predicted octanol–water partition coefficient (Wildman–Crippen LogP) is 16.8. The number of halogens is 2. The molecular weight excluding hydrogens is 1250 g/mol. The number of nitrogens with one attached hydrogen (secondary N) is 1. The Hall–Kier alpha value is -11.6. The summed E-state index contributed by atoms with van der Waals surface area (Å²) in [6.45, 7) is 3.80. The van der Waals surface area contributed by atoms with Crippen molar-refractivity contribution < 1.29 is 27.9 Å². The van der Waals surface area contributed by atoms with Crippen LogP contribution in [0.5, 0.6) is 0 Å². The van der Waals surface area contributed by atoms with Gasteiger partial charge in [-0.25, -0.2) is 22.9 Å². The van der Waals surface area contributed by atoms with E-state index in [1.807, 2.05) is 125 Å². The Morgan fingerprint density at radius 2 is 0.790 bits per heavy atom. The highest BCUT2D eigenvalue weighted by molar-refractivity contribution is 6.05. The van der Waals surface area contributed by atoms with Crippen LogP contribution in [0.1, 0.15) is 64.6 Å². The minimum Gasteiger partial charge on any atom is -0.445 e. The molecule has 4 aliphatic heterocycles. The van der Waals surface area contributed by atoms with Crippen molar-refractivity contribution >= 4 is 51.1 Å². The molecule has 2 aromatic heterocycles. The molecule has 13 aromatic rings. The lowest BCUT2D eigenvalue weighted by Crippen LogP contribution is -2.39. The van der Waals surface area contributed by atoms with Crippen LogP contribution >= 0.6 is 0 Å². The number of nitrogens with zero attached hydrogens (tertiary/aromatic N) is 7. The lowest BCUT2D eigenvalue weighted by Gasteiger charge is -2.37. The second kappa shape index (κ2) is 26.3.